The molecular weight excluding hydrogens is 296 g/mol. The van der Waals surface area contributed by atoms with Crippen LogP contribution in [0.15, 0.2) is 60.7 Å². The maximum atomic E-state index is 2.30. The lowest BCUT2D eigenvalue weighted by molar-refractivity contribution is 0.683. The Kier molecular flexibility index (Phi) is 8.31. The molecule has 1 heteroatoms. The van der Waals surface area contributed by atoms with Crippen molar-refractivity contribution in [1.82, 2.24) is 0 Å². The van der Waals surface area contributed by atoms with Gasteiger partial charge in [-0.05, 0) is 24.0 Å². The molecule has 0 aliphatic carbocycles. The van der Waals surface area contributed by atoms with Crippen LogP contribution < -0.4 is 0 Å². The SMILES string of the molecule is CCCCC(SC(CCCC)c1ccccc1)c1ccccc1. The number of hydrogen-bond acceptors (Lipinski definition) is 1. The molecule has 0 radical (unpaired) electrons. The van der Waals surface area contributed by atoms with Gasteiger partial charge in [-0.2, -0.15) is 0 Å². The Morgan fingerprint density at radius 2 is 1.04 bits per heavy atom. The van der Waals surface area contributed by atoms with Crippen LogP contribution in [0.5, 0.6) is 0 Å². The topological polar surface area (TPSA) is 0 Å². The molecule has 0 spiro atoms. The highest BCUT2D eigenvalue weighted by atomic mass is 32.2. The predicted molar refractivity (Wildman–Crippen MR) is 105 cm³/mol. The summed E-state index contributed by atoms with van der Waals surface area (Å²) < 4.78 is 0. The first-order chi connectivity index (χ1) is 11.3. The van der Waals surface area contributed by atoms with E-state index in [0.29, 0.717) is 10.5 Å². The van der Waals surface area contributed by atoms with Gasteiger partial charge in [-0.3, -0.25) is 0 Å². The third kappa shape index (κ3) is 6.06. The maximum Gasteiger partial charge on any atom is 0.0303 e. The molecule has 2 aromatic rings. The molecule has 0 N–H and O–H groups in total. The fourth-order valence-corrected chi connectivity index (χ4v) is 4.57. The van der Waals surface area contributed by atoms with Crippen molar-refractivity contribution in [2.45, 2.75) is 62.9 Å². The monoisotopic (exact) mass is 326 g/mol. The number of unbranched alkanes of at least 4 members (excludes halogenated alkanes) is 2. The minimum absolute atomic E-state index is 0.609. The summed E-state index contributed by atoms with van der Waals surface area (Å²) in [6.07, 6.45) is 7.72. The van der Waals surface area contributed by atoms with Crippen molar-refractivity contribution in [2.24, 2.45) is 0 Å². The minimum Gasteiger partial charge on any atom is -0.146 e. The van der Waals surface area contributed by atoms with E-state index < -0.39 is 0 Å². The van der Waals surface area contributed by atoms with Gasteiger partial charge < -0.3 is 0 Å². The Morgan fingerprint density at radius 1 is 0.652 bits per heavy atom. The Hall–Kier alpha value is -1.21. The summed E-state index contributed by atoms with van der Waals surface area (Å²) in [5.74, 6) is 0. The highest BCUT2D eigenvalue weighted by Gasteiger charge is 2.19. The predicted octanol–water partition coefficient (Wildman–Crippen LogP) is 7.58. The number of benzene rings is 2. The highest BCUT2D eigenvalue weighted by Crippen LogP contribution is 2.45. The van der Waals surface area contributed by atoms with Gasteiger partial charge in [0.2, 0.25) is 0 Å². The Morgan fingerprint density at radius 3 is 1.39 bits per heavy atom. The second-order valence-electron chi connectivity index (χ2n) is 6.22. The molecule has 2 atom stereocenters. The van der Waals surface area contributed by atoms with Gasteiger partial charge in [0.05, 0.1) is 0 Å². The summed E-state index contributed by atoms with van der Waals surface area (Å²) in [5, 5.41) is 1.22. The van der Waals surface area contributed by atoms with Gasteiger partial charge in [0.25, 0.3) is 0 Å². The van der Waals surface area contributed by atoms with E-state index in [9.17, 15) is 0 Å². The van der Waals surface area contributed by atoms with Crippen LogP contribution >= 0.6 is 11.8 Å². The van der Waals surface area contributed by atoms with Crippen LogP contribution in [0, 0.1) is 0 Å². The molecule has 23 heavy (non-hydrogen) atoms. The molecule has 2 rings (SSSR count). The molecular formula is C22H30S. The number of rotatable bonds is 10. The average Bonchev–Trinajstić information content (AvgIpc) is 2.62. The molecule has 0 heterocycles. The summed E-state index contributed by atoms with van der Waals surface area (Å²) in [4.78, 5) is 0. The van der Waals surface area contributed by atoms with Crippen LogP contribution in [0.4, 0.5) is 0 Å². The zero-order chi connectivity index (χ0) is 16.3. The van der Waals surface area contributed by atoms with E-state index in [1.54, 1.807) is 0 Å². The van der Waals surface area contributed by atoms with Crippen LogP contribution in [0.2, 0.25) is 0 Å². The Balaban J connectivity index is 2.15. The molecule has 0 saturated carbocycles. The van der Waals surface area contributed by atoms with Crippen molar-refractivity contribution in [1.29, 1.82) is 0 Å². The van der Waals surface area contributed by atoms with E-state index in [1.807, 2.05) is 0 Å². The molecule has 2 aromatic carbocycles. The summed E-state index contributed by atoms with van der Waals surface area (Å²) >= 11 is 2.18. The molecule has 0 saturated heterocycles. The first kappa shape index (κ1) is 18.1. The van der Waals surface area contributed by atoms with Crippen molar-refractivity contribution in [2.75, 3.05) is 0 Å². The summed E-state index contributed by atoms with van der Waals surface area (Å²) in [5.41, 5.74) is 2.98. The standard InChI is InChI=1S/C22H30S/c1-3-5-17-21(19-13-9-7-10-14-19)23-22(18-6-4-2)20-15-11-8-12-16-20/h7-16,21-22H,3-6,17-18H2,1-2H3. The quantitative estimate of drug-likeness (QED) is 0.433. The van der Waals surface area contributed by atoms with Crippen molar-refractivity contribution in [3.8, 4) is 0 Å². The molecule has 0 aliphatic rings. The third-order valence-corrected chi connectivity index (χ3v) is 5.98. The van der Waals surface area contributed by atoms with Crippen molar-refractivity contribution in [3.05, 3.63) is 71.8 Å². The second-order valence-corrected chi connectivity index (χ2v) is 7.63. The van der Waals surface area contributed by atoms with Crippen molar-refractivity contribution < 1.29 is 0 Å². The Labute approximate surface area is 146 Å². The molecule has 0 aliphatic heterocycles. The van der Waals surface area contributed by atoms with E-state index in [1.165, 1.54) is 49.7 Å². The third-order valence-electron chi connectivity index (χ3n) is 4.31. The van der Waals surface area contributed by atoms with Gasteiger partial charge in [-0.15, -0.1) is 11.8 Å². The minimum atomic E-state index is 0.609. The van der Waals surface area contributed by atoms with E-state index in [4.69, 9.17) is 0 Å². The van der Waals surface area contributed by atoms with Crippen LogP contribution in [0.25, 0.3) is 0 Å². The van der Waals surface area contributed by atoms with E-state index in [0.717, 1.165) is 0 Å². The van der Waals surface area contributed by atoms with Crippen LogP contribution in [-0.4, -0.2) is 0 Å². The van der Waals surface area contributed by atoms with Crippen LogP contribution in [0.1, 0.15) is 74.0 Å². The van der Waals surface area contributed by atoms with Gasteiger partial charge in [-0.1, -0.05) is 100 Å². The van der Waals surface area contributed by atoms with Crippen molar-refractivity contribution >= 4 is 11.8 Å². The summed E-state index contributed by atoms with van der Waals surface area (Å²) in [6, 6.07) is 22.2. The molecule has 124 valence electrons. The van der Waals surface area contributed by atoms with E-state index in [2.05, 4.69) is 86.3 Å². The lowest BCUT2D eigenvalue weighted by Crippen LogP contribution is -2.01. The zero-order valence-electron chi connectivity index (χ0n) is 14.6. The molecule has 0 fully saturated rings. The number of hydrogen-bond donors (Lipinski definition) is 0. The van der Waals surface area contributed by atoms with Gasteiger partial charge in [0.15, 0.2) is 0 Å². The summed E-state index contributed by atoms with van der Waals surface area (Å²) in [7, 11) is 0. The van der Waals surface area contributed by atoms with Crippen LogP contribution in [0.3, 0.4) is 0 Å². The maximum absolute atomic E-state index is 2.30. The molecule has 0 amide bonds. The van der Waals surface area contributed by atoms with Gasteiger partial charge >= 0.3 is 0 Å². The lowest BCUT2D eigenvalue weighted by Gasteiger charge is -2.24. The fourth-order valence-electron chi connectivity index (χ4n) is 2.94. The largest absolute Gasteiger partial charge is 0.146 e. The Bertz CT molecular complexity index is 471. The summed E-state index contributed by atoms with van der Waals surface area (Å²) in [6.45, 7) is 4.58. The highest BCUT2D eigenvalue weighted by molar-refractivity contribution is 7.99. The smallest absolute Gasteiger partial charge is 0.0303 e. The number of thioether (sulfide) groups is 1. The van der Waals surface area contributed by atoms with E-state index >= 15 is 0 Å². The first-order valence-electron chi connectivity index (χ1n) is 9.10. The molecule has 0 aromatic heterocycles. The zero-order valence-corrected chi connectivity index (χ0v) is 15.4. The second kappa shape index (κ2) is 10.5. The first-order valence-corrected chi connectivity index (χ1v) is 10.0. The molecule has 0 nitrogen and oxygen atoms in total. The molecule has 2 unspecified atom stereocenters. The van der Waals surface area contributed by atoms with Gasteiger partial charge in [0, 0.05) is 10.5 Å². The van der Waals surface area contributed by atoms with E-state index in [-0.39, 0.29) is 0 Å². The lowest BCUT2D eigenvalue weighted by atomic mass is 10.1. The van der Waals surface area contributed by atoms with Crippen molar-refractivity contribution in [3.63, 3.8) is 0 Å². The van der Waals surface area contributed by atoms with Crippen LogP contribution in [-0.2, 0) is 0 Å². The van der Waals surface area contributed by atoms with Gasteiger partial charge in [0.1, 0.15) is 0 Å². The normalized spacial score (nSPS) is 13.7. The fraction of sp³-hybridized carbons (Fsp3) is 0.455. The average molecular weight is 327 g/mol. The molecule has 0 bridgehead atoms. The van der Waals surface area contributed by atoms with Gasteiger partial charge in [-0.25, -0.2) is 0 Å².